The van der Waals surface area contributed by atoms with Crippen LogP contribution in [0.4, 0.5) is 28.4 Å². The maximum Gasteiger partial charge on any atom is 0.357 e. The van der Waals surface area contributed by atoms with E-state index in [1.165, 1.54) is 13.0 Å². The number of halogens is 2. The molecular formula is C25H17Cl2N5O14S4. The number of rotatable bonds is 6. The predicted molar refractivity (Wildman–Crippen MR) is 177 cm³/mol. The van der Waals surface area contributed by atoms with Gasteiger partial charge in [-0.15, -0.1) is 0 Å². The first-order chi connectivity index (χ1) is 23.1. The summed E-state index contributed by atoms with van der Waals surface area (Å²) in [7, 11) is -15.9. The first-order valence-corrected chi connectivity index (χ1v) is 19.0. The summed E-state index contributed by atoms with van der Waals surface area (Å²) in [5.74, 6) is -1.98. The van der Waals surface area contributed by atoms with Crippen LogP contribution in [0.15, 0.2) is 54.4 Å². The quantitative estimate of drug-likeness (QED) is 0.0540. The van der Waals surface area contributed by atoms with Crippen molar-refractivity contribution < 1.29 is 61.0 Å². The molecule has 1 atom stereocenters. The molecule has 0 saturated carbocycles. The summed E-state index contributed by atoms with van der Waals surface area (Å²) >= 11 is 10.4. The number of nitrogens with one attached hydrogen (secondary N) is 1. The lowest BCUT2D eigenvalue weighted by molar-refractivity contribution is 0.449. The highest BCUT2D eigenvalue weighted by Gasteiger charge is 2.36. The van der Waals surface area contributed by atoms with Gasteiger partial charge < -0.3 is 30.1 Å². The molecular weight excluding hydrogens is 793 g/mol. The fourth-order valence-electron chi connectivity index (χ4n) is 4.93. The lowest BCUT2D eigenvalue weighted by Crippen LogP contribution is -2.24. The van der Waals surface area contributed by atoms with Gasteiger partial charge in [-0.05, 0) is 42.8 Å². The van der Waals surface area contributed by atoms with Crippen molar-refractivity contribution in [1.82, 2.24) is 4.98 Å². The van der Waals surface area contributed by atoms with Crippen molar-refractivity contribution in [3.05, 3.63) is 51.3 Å². The average molecular weight is 811 g/mol. The Hall–Kier alpha value is -4.30. The van der Waals surface area contributed by atoms with E-state index in [0.717, 1.165) is 18.2 Å². The van der Waals surface area contributed by atoms with Crippen LogP contribution in [0, 0.1) is 6.92 Å². The molecule has 25 heteroatoms. The molecule has 0 fully saturated rings. The minimum Gasteiger partial charge on any atom is -0.450 e. The molecule has 0 saturated heterocycles. The normalized spacial score (nSPS) is 14.2. The Morgan fingerprint density at radius 2 is 1.58 bits per heavy atom. The molecule has 9 N–H and O–H groups in total. The Labute approximate surface area is 292 Å². The largest absolute Gasteiger partial charge is 0.450 e. The van der Waals surface area contributed by atoms with Crippen molar-refractivity contribution in [3.63, 3.8) is 0 Å². The van der Waals surface area contributed by atoms with Gasteiger partial charge in [0.25, 0.3) is 20.2 Å². The van der Waals surface area contributed by atoms with Crippen LogP contribution in [-0.4, -0.2) is 52.7 Å². The van der Waals surface area contributed by atoms with E-state index in [0.29, 0.717) is 6.07 Å². The van der Waals surface area contributed by atoms with Crippen LogP contribution >= 0.6 is 23.2 Å². The summed E-state index contributed by atoms with van der Waals surface area (Å²) in [6.07, 6.45) is 0. The Balaban J connectivity index is 1.71. The summed E-state index contributed by atoms with van der Waals surface area (Å²) in [5.41, 5.74) is 8.99. The Kier molecular flexibility index (Phi) is 8.45. The molecule has 50 heavy (non-hydrogen) atoms. The van der Waals surface area contributed by atoms with Gasteiger partial charge >= 0.3 is 21.5 Å². The molecule has 0 aromatic heterocycles. The van der Waals surface area contributed by atoms with Crippen molar-refractivity contribution in [2.24, 2.45) is 4.99 Å². The third-order valence-corrected chi connectivity index (χ3v) is 10.7. The van der Waals surface area contributed by atoms with Crippen LogP contribution < -0.4 is 31.1 Å². The molecule has 3 aliphatic rings. The molecule has 1 unspecified atom stereocenters. The Morgan fingerprint density at radius 3 is 2.18 bits per heavy atom. The molecule has 6 rings (SSSR count). The highest BCUT2D eigenvalue weighted by molar-refractivity contribution is 7.87. The number of fused-ring (bicyclic) bond motifs is 4. The molecule has 0 bridgehead atoms. The van der Waals surface area contributed by atoms with E-state index < -0.39 is 100 Å². The summed E-state index contributed by atoms with van der Waals surface area (Å²) in [6, 6.07) is 5.20. The van der Waals surface area contributed by atoms with Crippen LogP contribution in [0.5, 0.6) is 17.2 Å². The van der Waals surface area contributed by atoms with Crippen LogP contribution in [0.2, 0.25) is 10.0 Å². The van der Waals surface area contributed by atoms with Crippen LogP contribution in [0.3, 0.4) is 0 Å². The monoisotopic (exact) mass is 809 g/mol. The van der Waals surface area contributed by atoms with E-state index in [1.54, 1.807) is 0 Å². The molecule has 0 amide bonds. The van der Waals surface area contributed by atoms with Crippen molar-refractivity contribution in [2.45, 2.75) is 21.6 Å². The minimum atomic E-state index is -5.52. The summed E-state index contributed by atoms with van der Waals surface area (Å²) in [6.45, 7) is 1.36. The fourth-order valence-corrected chi connectivity index (χ4v) is 8.00. The Morgan fingerprint density at radius 1 is 0.920 bits per heavy atom. The summed E-state index contributed by atoms with van der Waals surface area (Å²) in [5, 5.41) is 0.832. The second-order valence-electron chi connectivity index (χ2n) is 10.2. The third-order valence-electron chi connectivity index (χ3n) is 6.98. The molecule has 3 aromatic rings. The van der Waals surface area contributed by atoms with E-state index in [9.17, 15) is 43.1 Å². The number of nitrogen functional groups attached to an aromatic ring is 2. The number of nitrogens with two attached hydrogens (primary N) is 2. The van der Waals surface area contributed by atoms with Crippen LogP contribution in [-0.2, 0) is 41.7 Å². The van der Waals surface area contributed by atoms with Gasteiger partial charge in [0.2, 0.25) is 0 Å². The number of ether oxygens (including phenoxy) is 1. The van der Waals surface area contributed by atoms with Gasteiger partial charge in [0.15, 0.2) is 38.4 Å². The van der Waals surface area contributed by atoms with Gasteiger partial charge in [-0.1, -0.05) is 23.2 Å². The molecule has 3 aromatic carbocycles. The first-order valence-electron chi connectivity index (χ1n) is 12.9. The van der Waals surface area contributed by atoms with Crippen molar-refractivity contribution in [2.75, 3.05) is 16.8 Å². The smallest absolute Gasteiger partial charge is 0.357 e. The predicted octanol–water partition coefficient (Wildman–Crippen LogP) is 4.05. The maximum absolute atomic E-state index is 12.9. The SMILES string of the molecule is Cc1cc(OS(=O)O)c(N)cc1N=c1c(S(=O)(=O)O)cc2nc3c(Cl)c4c(c(Cl)c3oc-2c1S(=O)(=O)O)Nc1ccc(N)c(S(=O)(=O)O)c1O4. The zero-order valence-electron chi connectivity index (χ0n) is 24.2. The lowest BCUT2D eigenvalue weighted by atomic mass is 10.1. The van der Waals surface area contributed by atoms with Gasteiger partial charge in [0, 0.05) is 0 Å². The molecule has 19 nitrogen and oxygen atoms in total. The summed E-state index contributed by atoms with van der Waals surface area (Å²) in [4.78, 5) is 4.89. The van der Waals surface area contributed by atoms with E-state index >= 15 is 0 Å². The first kappa shape index (κ1) is 35.5. The van der Waals surface area contributed by atoms with Crippen molar-refractivity contribution >= 4 is 104 Å². The zero-order valence-corrected chi connectivity index (χ0v) is 29.0. The Bertz CT molecular complexity index is 2760. The highest BCUT2D eigenvalue weighted by Crippen LogP contribution is 2.55. The number of hydrogen-bond acceptors (Lipinski definition) is 15. The average Bonchev–Trinajstić information content (AvgIpc) is 2.98. The molecule has 0 spiro atoms. The van der Waals surface area contributed by atoms with Crippen LogP contribution in [0.1, 0.15) is 5.56 Å². The number of aromatic nitrogens is 1. The second-order valence-corrected chi connectivity index (χ2v) is 15.7. The second kappa shape index (κ2) is 11.9. The number of aryl methyl sites for hydroxylation is 1. The molecule has 0 radical (unpaired) electrons. The van der Waals surface area contributed by atoms with E-state index in [4.69, 9.17) is 48.4 Å². The third kappa shape index (κ3) is 6.06. The van der Waals surface area contributed by atoms with Crippen molar-refractivity contribution in [1.29, 1.82) is 0 Å². The zero-order chi connectivity index (χ0) is 36.8. The number of hydrogen-bond donors (Lipinski definition) is 7. The van der Waals surface area contributed by atoms with E-state index in [1.807, 2.05) is 0 Å². The van der Waals surface area contributed by atoms with E-state index in [-0.39, 0.29) is 45.5 Å². The minimum absolute atomic E-state index is 0.0702. The topological polar surface area (TPSA) is 321 Å². The van der Waals surface area contributed by atoms with E-state index in [2.05, 4.69) is 19.5 Å². The number of nitrogens with zero attached hydrogens (tertiary/aromatic N) is 2. The lowest BCUT2D eigenvalue weighted by Gasteiger charge is -2.26. The molecule has 1 aliphatic carbocycles. The van der Waals surface area contributed by atoms with Crippen LogP contribution in [0.25, 0.3) is 22.6 Å². The van der Waals surface area contributed by atoms with Gasteiger partial charge in [-0.2, -0.15) is 29.5 Å². The van der Waals surface area contributed by atoms with Gasteiger partial charge in [-0.3, -0.25) is 18.2 Å². The molecule has 264 valence electrons. The fraction of sp³-hybridized carbons (Fsp3) is 0.0400. The van der Waals surface area contributed by atoms with Crippen molar-refractivity contribution in [3.8, 4) is 28.7 Å². The molecule has 2 heterocycles. The van der Waals surface area contributed by atoms with Gasteiger partial charge in [-0.25, -0.2) is 9.98 Å². The standard InChI is InChI=1S/C25H17Cl2N5O14S4/c1-7-4-13(46-47(33)34)9(29)5-11(7)31-17-14(48(35,36)37)6-12-21(25(17)50(41,42)43)45-23-15(26)18-22(16(27)19(23)32-12)44-20-10(30-18)3-2-8(28)24(20)49(38,39)40/h2-6,30H,28-29H2,1H3,(H,33,34)(H,35,36,37)(H,38,39,40)(H,41,42,43). The summed E-state index contributed by atoms with van der Waals surface area (Å²) < 4.78 is 142. The van der Waals surface area contributed by atoms with Gasteiger partial charge in [0.05, 0.1) is 22.7 Å². The molecule has 2 aliphatic heterocycles. The number of anilines is 4. The van der Waals surface area contributed by atoms with Gasteiger partial charge in [0.1, 0.15) is 37.2 Å². The number of benzene rings is 4. The maximum atomic E-state index is 12.9. The highest BCUT2D eigenvalue weighted by atomic mass is 35.5.